The minimum absolute atomic E-state index is 0.0954. The maximum atomic E-state index is 12.4. The fraction of sp³-hybridized carbons (Fsp3) is 0.500. The van der Waals surface area contributed by atoms with Gasteiger partial charge in [0.2, 0.25) is 0 Å². The summed E-state index contributed by atoms with van der Waals surface area (Å²) >= 11 is 0. The quantitative estimate of drug-likeness (QED) is 0.809. The highest BCUT2D eigenvalue weighted by Crippen LogP contribution is 2.31. The van der Waals surface area contributed by atoms with Crippen LogP contribution in [0, 0.1) is 5.92 Å². The molecule has 0 saturated carbocycles. The Morgan fingerprint density at radius 1 is 1.33 bits per heavy atom. The van der Waals surface area contributed by atoms with Crippen molar-refractivity contribution in [2.75, 3.05) is 27.3 Å². The van der Waals surface area contributed by atoms with Crippen molar-refractivity contribution in [3.8, 4) is 11.5 Å². The molecule has 18 heavy (non-hydrogen) atoms. The van der Waals surface area contributed by atoms with Gasteiger partial charge in [0.05, 0.1) is 14.2 Å². The Morgan fingerprint density at radius 2 is 2.00 bits per heavy atom. The van der Waals surface area contributed by atoms with Gasteiger partial charge in [0.25, 0.3) is 0 Å². The Bertz CT molecular complexity index is 403. The van der Waals surface area contributed by atoms with Crippen LogP contribution in [0.1, 0.15) is 23.2 Å². The average molecular weight is 249 g/mol. The van der Waals surface area contributed by atoms with Gasteiger partial charge in [-0.05, 0) is 37.6 Å². The van der Waals surface area contributed by atoms with E-state index in [1.165, 1.54) is 0 Å². The number of hydrogen-bond acceptors (Lipinski definition) is 4. The van der Waals surface area contributed by atoms with Crippen LogP contribution >= 0.6 is 0 Å². The van der Waals surface area contributed by atoms with Crippen molar-refractivity contribution >= 4 is 5.78 Å². The number of Topliss-reactive ketones (excluding diaryl/α,β-unsaturated/α-hetero) is 1. The van der Waals surface area contributed by atoms with Crippen LogP contribution in [0.25, 0.3) is 0 Å². The number of benzene rings is 1. The van der Waals surface area contributed by atoms with Crippen LogP contribution in [0.15, 0.2) is 18.2 Å². The lowest BCUT2D eigenvalue weighted by molar-refractivity contribution is 0.0958. The van der Waals surface area contributed by atoms with E-state index in [0.29, 0.717) is 29.4 Å². The Balaban J connectivity index is 2.21. The Hall–Kier alpha value is -1.55. The number of hydrogen-bond donors (Lipinski definition) is 1. The molecule has 0 aromatic heterocycles. The molecule has 1 aromatic carbocycles. The van der Waals surface area contributed by atoms with E-state index in [4.69, 9.17) is 9.47 Å². The van der Waals surface area contributed by atoms with Gasteiger partial charge in [-0.1, -0.05) is 6.07 Å². The van der Waals surface area contributed by atoms with E-state index in [1.807, 2.05) is 6.07 Å². The van der Waals surface area contributed by atoms with E-state index in [-0.39, 0.29) is 5.78 Å². The number of methoxy groups -OCH3 is 2. The van der Waals surface area contributed by atoms with Crippen LogP contribution in [-0.4, -0.2) is 33.1 Å². The first kappa shape index (κ1) is 12.9. The molecule has 1 aliphatic rings. The third-order valence-electron chi connectivity index (χ3n) is 3.34. The summed E-state index contributed by atoms with van der Waals surface area (Å²) in [7, 11) is 3.14. The molecule has 1 atom stereocenters. The average Bonchev–Trinajstić information content (AvgIpc) is 2.90. The second-order valence-corrected chi connectivity index (χ2v) is 4.52. The second kappa shape index (κ2) is 5.87. The van der Waals surface area contributed by atoms with Gasteiger partial charge in [0.15, 0.2) is 5.78 Å². The van der Waals surface area contributed by atoms with Gasteiger partial charge in [-0.15, -0.1) is 0 Å². The number of carbonyl (C=O) groups is 1. The molecule has 1 unspecified atom stereocenters. The molecule has 1 heterocycles. The van der Waals surface area contributed by atoms with Gasteiger partial charge in [0.1, 0.15) is 17.1 Å². The summed E-state index contributed by atoms with van der Waals surface area (Å²) in [6.07, 6.45) is 1.60. The highest BCUT2D eigenvalue weighted by Gasteiger charge is 2.23. The summed E-state index contributed by atoms with van der Waals surface area (Å²) in [6, 6.07) is 5.41. The predicted octanol–water partition coefficient (Wildman–Crippen LogP) is 1.89. The Kier molecular flexibility index (Phi) is 4.20. The molecule has 2 rings (SSSR count). The normalized spacial score (nSPS) is 18.7. The predicted molar refractivity (Wildman–Crippen MR) is 69.5 cm³/mol. The standard InChI is InChI=1S/C14H19NO3/c1-17-12-4-3-5-13(18-2)14(12)11(16)8-10-6-7-15-9-10/h3-5,10,15H,6-9H2,1-2H3. The molecule has 0 spiro atoms. The monoisotopic (exact) mass is 249 g/mol. The molecule has 0 aliphatic carbocycles. The fourth-order valence-corrected chi connectivity index (χ4v) is 2.38. The van der Waals surface area contributed by atoms with Crippen LogP contribution in [0.4, 0.5) is 0 Å². The first-order valence-corrected chi connectivity index (χ1v) is 6.21. The van der Waals surface area contributed by atoms with Gasteiger partial charge in [-0.3, -0.25) is 4.79 Å². The molecule has 4 nitrogen and oxygen atoms in total. The van der Waals surface area contributed by atoms with Crippen molar-refractivity contribution in [1.82, 2.24) is 5.32 Å². The molecule has 1 saturated heterocycles. The summed E-state index contributed by atoms with van der Waals surface area (Å²) < 4.78 is 10.5. The summed E-state index contributed by atoms with van der Waals surface area (Å²) in [6.45, 7) is 1.92. The largest absolute Gasteiger partial charge is 0.496 e. The number of nitrogens with one attached hydrogen (secondary N) is 1. The molecule has 1 aromatic rings. The second-order valence-electron chi connectivity index (χ2n) is 4.52. The highest BCUT2D eigenvalue weighted by molar-refractivity contribution is 6.01. The van der Waals surface area contributed by atoms with E-state index in [1.54, 1.807) is 26.4 Å². The summed E-state index contributed by atoms with van der Waals surface area (Å²) in [4.78, 5) is 12.4. The molecule has 0 radical (unpaired) electrons. The third-order valence-corrected chi connectivity index (χ3v) is 3.34. The maximum absolute atomic E-state index is 12.4. The van der Waals surface area contributed by atoms with Gasteiger partial charge < -0.3 is 14.8 Å². The van der Waals surface area contributed by atoms with Crippen molar-refractivity contribution in [3.63, 3.8) is 0 Å². The van der Waals surface area contributed by atoms with Crippen LogP contribution < -0.4 is 14.8 Å². The minimum atomic E-state index is 0.0954. The summed E-state index contributed by atoms with van der Waals surface area (Å²) in [5.74, 6) is 1.70. The fourth-order valence-electron chi connectivity index (χ4n) is 2.38. The zero-order valence-electron chi connectivity index (χ0n) is 10.9. The van der Waals surface area contributed by atoms with Crippen LogP contribution in [0.5, 0.6) is 11.5 Å². The van der Waals surface area contributed by atoms with Crippen molar-refractivity contribution in [3.05, 3.63) is 23.8 Å². The van der Waals surface area contributed by atoms with Crippen LogP contribution in [-0.2, 0) is 0 Å². The third kappa shape index (κ3) is 2.64. The SMILES string of the molecule is COc1cccc(OC)c1C(=O)CC1CCNC1. The maximum Gasteiger partial charge on any atom is 0.170 e. The Morgan fingerprint density at radius 3 is 2.50 bits per heavy atom. The first-order chi connectivity index (χ1) is 8.76. The zero-order chi connectivity index (χ0) is 13.0. The number of carbonyl (C=O) groups excluding carboxylic acids is 1. The number of ether oxygens (including phenoxy) is 2. The van der Waals surface area contributed by atoms with E-state index in [0.717, 1.165) is 19.5 Å². The zero-order valence-corrected chi connectivity index (χ0v) is 10.9. The van der Waals surface area contributed by atoms with Gasteiger partial charge in [0, 0.05) is 6.42 Å². The lowest BCUT2D eigenvalue weighted by Crippen LogP contribution is -2.14. The van der Waals surface area contributed by atoms with E-state index < -0.39 is 0 Å². The molecule has 1 aliphatic heterocycles. The first-order valence-electron chi connectivity index (χ1n) is 6.21. The van der Waals surface area contributed by atoms with E-state index in [9.17, 15) is 4.79 Å². The van der Waals surface area contributed by atoms with Crippen LogP contribution in [0.3, 0.4) is 0 Å². The summed E-state index contributed by atoms with van der Waals surface area (Å²) in [5.41, 5.74) is 0.564. The molecule has 1 fully saturated rings. The van der Waals surface area contributed by atoms with Crippen molar-refractivity contribution in [2.45, 2.75) is 12.8 Å². The van der Waals surface area contributed by atoms with Crippen molar-refractivity contribution < 1.29 is 14.3 Å². The molecule has 0 amide bonds. The number of ketones is 1. The highest BCUT2D eigenvalue weighted by atomic mass is 16.5. The smallest absolute Gasteiger partial charge is 0.170 e. The number of rotatable bonds is 5. The van der Waals surface area contributed by atoms with Gasteiger partial charge in [-0.2, -0.15) is 0 Å². The molecule has 1 N–H and O–H groups in total. The van der Waals surface area contributed by atoms with Crippen molar-refractivity contribution in [2.24, 2.45) is 5.92 Å². The molecular weight excluding hydrogens is 230 g/mol. The topological polar surface area (TPSA) is 47.6 Å². The molecule has 98 valence electrons. The molecule has 0 bridgehead atoms. The molecular formula is C14H19NO3. The minimum Gasteiger partial charge on any atom is -0.496 e. The van der Waals surface area contributed by atoms with Gasteiger partial charge in [-0.25, -0.2) is 0 Å². The van der Waals surface area contributed by atoms with Crippen LogP contribution in [0.2, 0.25) is 0 Å². The van der Waals surface area contributed by atoms with Crippen molar-refractivity contribution in [1.29, 1.82) is 0 Å². The molecule has 4 heteroatoms. The lowest BCUT2D eigenvalue weighted by atomic mass is 9.96. The lowest BCUT2D eigenvalue weighted by Gasteiger charge is -2.13. The van der Waals surface area contributed by atoms with Gasteiger partial charge >= 0.3 is 0 Å². The van der Waals surface area contributed by atoms with E-state index in [2.05, 4.69) is 5.32 Å². The van der Waals surface area contributed by atoms with E-state index >= 15 is 0 Å². The Labute approximate surface area is 107 Å². The summed E-state index contributed by atoms with van der Waals surface area (Å²) in [5, 5.41) is 3.27.